The number of carbonyl (C=O) groups is 2. The number of benzene rings is 3. The van der Waals surface area contributed by atoms with Crippen LogP contribution in [0.15, 0.2) is 79.0 Å². The predicted molar refractivity (Wildman–Crippen MR) is 165 cm³/mol. The van der Waals surface area contributed by atoms with Crippen LogP contribution in [0.4, 0.5) is 23.3 Å². The Morgan fingerprint density at radius 1 is 0.929 bits per heavy atom. The molecule has 2 aromatic heterocycles. The Balaban J connectivity index is 1.47. The molecule has 10 nitrogen and oxygen atoms in total. The average molecular weight is 564 g/mol. The molecule has 0 fully saturated rings. The number of carbonyl (C=O) groups excluding carboxylic acids is 2. The number of aromatic nitrogens is 4. The van der Waals surface area contributed by atoms with Gasteiger partial charge in [0.05, 0.1) is 18.5 Å². The number of nitrogens with one attached hydrogen (secondary N) is 2. The Labute approximate surface area is 244 Å². The number of hydrogen-bond acceptors (Lipinski definition) is 8. The standard InChI is InChI=1S/C32H33N7O3/c1-32(2,3)26-19-28(39(37-26)20-10-9-11-21(18-20)42-6)36-30(41)29(40)24-14-15-25(23-13-8-7-12-22(23)24)34-27-16-17-33-31(35-27)38(4)5/h7-19H,1-6H3,(H,36,41)(H,33,34,35). The van der Waals surface area contributed by atoms with Crippen LogP contribution in [-0.2, 0) is 10.2 Å². The van der Waals surface area contributed by atoms with Crippen LogP contribution in [0.3, 0.4) is 0 Å². The highest BCUT2D eigenvalue weighted by Crippen LogP contribution is 2.31. The summed E-state index contributed by atoms with van der Waals surface area (Å²) in [7, 11) is 5.32. The molecule has 5 rings (SSSR count). The van der Waals surface area contributed by atoms with Crippen LogP contribution in [0, 0.1) is 0 Å². The van der Waals surface area contributed by atoms with Crippen LogP contribution < -0.4 is 20.3 Å². The highest BCUT2D eigenvalue weighted by molar-refractivity contribution is 6.48. The molecule has 0 bridgehead atoms. The van der Waals surface area contributed by atoms with Crippen molar-refractivity contribution < 1.29 is 14.3 Å². The van der Waals surface area contributed by atoms with Gasteiger partial charge >= 0.3 is 0 Å². The van der Waals surface area contributed by atoms with Crippen LogP contribution in [0.25, 0.3) is 16.5 Å². The van der Waals surface area contributed by atoms with Crippen molar-refractivity contribution in [2.45, 2.75) is 26.2 Å². The highest BCUT2D eigenvalue weighted by Gasteiger charge is 2.25. The number of ketones is 1. The third-order valence-electron chi connectivity index (χ3n) is 6.70. The molecule has 2 N–H and O–H groups in total. The van der Waals surface area contributed by atoms with Crippen molar-refractivity contribution in [3.8, 4) is 11.4 Å². The van der Waals surface area contributed by atoms with Gasteiger partial charge in [-0.15, -0.1) is 0 Å². The Bertz CT molecular complexity index is 1790. The minimum absolute atomic E-state index is 0.286. The second kappa shape index (κ2) is 11.3. The zero-order valence-corrected chi connectivity index (χ0v) is 24.5. The molecule has 0 atom stereocenters. The predicted octanol–water partition coefficient (Wildman–Crippen LogP) is 5.75. The van der Waals surface area contributed by atoms with E-state index in [2.05, 4.69) is 20.6 Å². The number of nitrogens with zero attached hydrogens (tertiary/aromatic N) is 5. The number of rotatable bonds is 8. The molecule has 214 valence electrons. The smallest absolute Gasteiger partial charge is 0.297 e. The van der Waals surface area contributed by atoms with E-state index in [1.807, 2.05) is 88.3 Å². The number of ether oxygens (including phenoxy) is 1. The summed E-state index contributed by atoms with van der Waals surface area (Å²) in [5.41, 5.74) is 2.20. The number of Topliss-reactive ketones (excluding diaryl/α,β-unsaturated/α-hetero) is 1. The Hall–Kier alpha value is -5.25. The molecule has 2 heterocycles. The lowest BCUT2D eigenvalue weighted by molar-refractivity contribution is -0.112. The first-order valence-corrected chi connectivity index (χ1v) is 13.4. The summed E-state index contributed by atoms with van der Waals surface area (Å²) in [5.74, 6) is 0.775. The largest absolute Gasteiger partial charge is 0.497 e. The number of anilines is 4. The topological polar surface area (TPSA) is 114 Å². The van der Waals surface area contributed by atoms with Gasteiger partial charge in [0.15, 0.2) is 0 Å². The molecule has 10 heteroatoms. The Kier molecular flexibility index (Phi) is 7.62. The lowest BCUT2D eigenvalue weighted by atomic mass is 9.92. The van der Waals surface area contributed by atoms with E-state index in [-0.39, 0.29) is 11.0 Å². The van der Waals surface area contributed by atoms with Gasteiger partial charge in [0, 0.05) is 54.5 Å². The molecule has 0 aliphatic carbocycles. The van der Waals surface area contributed by atoms with Crippen molar-refractivity contribution in [3.63, 3.8) is 0 Å². The first-order chi connectivity index (χ1) is 20.0. The SMILES string of the molecule is COc1cccc(-n2nc(C(C)(C)C)cc2NC(=O)C(=O)c2ccc(Nc3ccnc(N(C)C)n3)c3ccccc23)c1. The molecule has 42 heavy (non-hydrogen) atoms. The van der Waals surface area contributed by atoms with E-state index < -0.39 is 11.7 Å². The molecule has 0 unspecified atom stereocenters. The first-order valence-electron chi connectivity index (χ1n) is 13.4. The van der Waals surface area contributed by atoms with Gasteiger partial charge in [0.25, 0.3) is 11.7 Å². The summed E-state index contributed by atoms with van der Waals surface area (Å²) < 4.78 is 6.99. The minimum atomic E-state index is -0.767. The second-order valence-electron chi connectivity index (χ2n) is 11.0. The van der Waals surface area contributed by atoms with Crippen molar-refractivity contribution in [3.05, 3.63) is 90.3 Å². The van der Waals surface area contributed by atoms with Gasteiger partial charge in [0.2, 0.25) is 5.95 Å². The normalized spacial score (nSPS) is 11.3. The summed E-state index contributed by atoms with van der Waals surface area (Å²) in [6.45, 7) is 6.10. The number of fused-ring (bicyclic) bond motifs is 1. The molecule has 0 saturated heterocycles. The third kappa shape index (κ3) is 5.78. The van der Waals surface area contributed by atoms with Crippen molar-refractivity contribution in [2.75, 3.05) is 36.7 Å². The van der Waals surface area contributed by atoms with Crippen LogP contribution in [0.1, 0.15) is 36.8 Å². The molecular formula is C32H33N7O3. The van der Waals surface area contributed by atoms with Crippen molar-refractivity contribution in [1.29, 1.82) is 0 Å². The number of hydrogen-bond donors (Lipinski definition) is 2. The van der Waals surface area contributed by atoms with E-state index in [0.717, 1.165) is 16.8 Å². The van der Waals surface area contributed by atoms with Gasteiger partial charge in [-0.3, -0.25) is 9.59 Å². The lowest BCUT2D eigenvalue weighted by Crippen LogP contribution is -2.24. The van der Waals surface area contributed by atoms with Crippen molar-refractivity contribution in [2.24, 2.45) is 0 Å². The van der Waals surface area contributed by atoms with Gasteiger partial charge in [-0.25, -0.2) is 9.67 Å². The van der Waals surface area contributed by atoms with E-state index >= 15 is 0 Å². The minimum Gasteiger partial charge on any atom is -0.497 e. The van der Waals surface area contributed by atoms with E-state index in [9.17, 15) is 9.59 Å². The van der Waals surface area contributed by atoms with E-state index in [1.165, 1.54) is 0 Å². The molecule has 0 radical (unpaired) electrons. The fraction of sp³-hybridized carbons (Fsp3) is 0.219. The van der Waals surface area contributed by atoms with Gasteiger partial charge in [0.1, 0.15) is 17.4 Å². The van der Waals surface area contributed by atoms with Gasteiger partial charge in [-0.2, -0.15) is 10.1 Å². The number of amides is 1. The molecule has 0 saturated carbocycles. The van der Waals surface area contributed by atoms with Crippen LogP contribution in [0.5, 0.6) is 5.75 Å². The zero-order chi connectivity index (χ0) is 30.0. The van der Waals surface area contributed by atoms with Crippen molar-refractivity contribution >= 4 is 45.7 Å². The molecule has 3 aromatic carbocycles. The fourth-order valence-corrected chi connectivity index (χ4v) is 4.45. The molecule has 0 spiro atoms. The quantitative estimate of drug-likeness (QED) is 0.181. The maximum absolute atomic E-state index is 13.6. The molecule has 5 aromatic rings. The monoisotopic (exact) mass is 563 g/mol. The highest BCUT2D eigenvalue weighted by atomic mass is 16.5. The van der Waals surface area contributed by atoms with Crippen molar-refractivity contribution in [1.82, 2.24) is 19.7 Å². The summed E-state index contributed by atoms with van der Waals surface area (Å²) in [4.78, 5) is 37.6. The summed E-state index contributed by atoms with van der Waals surface area (Å²) in [6.07, 6.45) is 1.68. The van der Waals surface area contributed by atoms with E-state index in [1.54, 1.807) is 42.3 Å². The van der Waals surface area contributed by atoms with Gasteiger partial charge in [-0.05, 0) is 35.7 Å². The van der Waals surface area contributed by atoms with Gasteiger partial charge in [-0.1, -0.05) is 51.1 Å². The average Bonchev–Trinajstić information content (AvgIpc) is 3.41. The molecule has 0 aliphatic heterocycles. The summed E-state index contributed by atoms with van der Waals surface area (Å²) in [5, 5.41) is 12.3. The zero-order valence-electron chi connectivity index (χ0n) is 24.5. The van der Waals surface area contributed by atoms with E-state index in [0.29, 0.717) is 34.4 Å². The van der Waals surface area contributed by atoms with Crippen LogP contribution >= 0.6 is 0 Å². The van der Waals surface area contributed by atoms with Crippen LogP contribution in [-0.4, -0.2) is 52.6 Å². The second-order valence-corrected chi connectivity index (χ2v) is 11.0. The summed E-state index contributed by atoms with van der Waals surface area (Å²) >= 11 is 0. The maximum Gasteiger partial charge on any atom is 0.297 e. The Morgan fingerprint density at radius 2 is 1.69 bits per heavy atom. The maximum atomic E-state index is 13.6. The molecule has 0 aliphatic rings. The molecule has 1 amide bonds. The van der Waals surface area contributed by atoms with Crippen LogP contribution in [0.2, 0.25) is 0 Å². The van der Waals surface area contributed by atoms with Gasteiger partial charge < -0.3 is 20.3 Å². The summed E-state index contributed by atoms with van der Waals surface area (Å²) in [6, 6.07) is 21.8. The lowest BCUT2D eigenvalue weighted by Gasteiger charge is -2.14. The number of methoxy groups -OCH3 is 1. The first kappa shape index (κ1) is 28.3. The third-order valence-corrected chi connectivity index (χ3v) is 6.70. The fourth-order valence-electron chi connectivity index (χ4n) is 4.45. The Morgan fingerprint density at radius 3 is 2.40 bits per heavy atom. The molecular weight excluding hydrogens is 530 g/mol. The van der Waals surface area contributed by atoms with E-state index in [4.69, 9.17) is 9.84 Å².